The van der Waals surface area contributed by atoms with Crippen LogP contribution in [0, 0.1) is 5.92 Å². The molecule has 6 heteroatoms. The van der Waals surface area contributed by atoms with Gasteiger partial charge >= 0.3 is 5.69 Å². The minimum atomic E-state index is -0.562. The van der Waals surface area contributed by atoms with Gasteiger partial charge in [0.2, 0.25) is 5.91 Å². The van der Waals surface area contributed by atoms with Gasteiger partial charge in [-0.05, 0) is 24.5 Å². The Kier molecular flexibility index (Phi) is 6.98. The van der Waals surface area contributed by atoms with Crippen molar-refractivity contribution in [3.05, 3.63) is 45.1 Å². The number of para-hydroxylation sites is 1. The molecule has 0 atom stereocenters. The Morgan fingerprint density at radius 1 is 1.12 bits per heavy atom. The Balaban J connectivity index is 1.86. The lowest BCUT2D eigenvalue weighted by Crippen LogP contribution is -2.36. The molecule has 1 amide bonds. The molecule has 0 fully saturated rings. The van der Waals surface area contributed by atoms with Crippen molar-refractivity contribution < 1.29 is 4.79 Å². The summed E-state index contributed by atoms with van der Waals surface area (Å²) in [5, 5.41) is 3.25. The maximum Gasteiger partial charge on any atom is 0.329 e. The standard InChI is InChI=1S/C19H27N3O3/c1-14(2)9-5-3-4-8-12-20-17(23)13-22-16-11-7-6-10-15(16)18(24)21-19(22)25/h6-7,10-11,14H,3-5,8-9,12-13H2,1-2H3,(H,20,23)(H,21,24,25). The van der Waals surface area contributed by atoms with E-state index in [2.05, 4.69) is 24.1 Å². The molecule has 136 valence electrons. The number of carbonyl (C=O) groups is 1. The van der Waals surface area contributed by atoms with E-state index in [1.165, 1.54) is 23.8 Å². The first-order valence-electron chi connectivity index (χ1n) is 8.97. The molecule has 0 aliphatic heterocycles. The number of amides is 1. The van der Waals surface area contributed by atoms with Crippen LogP contribution in [0.25, 0.3) is 10.9 Å². The molecule has 0 bridgehead atoms. The number of carbonyl (C=O) groups excluding carboxylic acids is 1. The predicted molar refractivity (Wildman–Crippen MR) is 99.8 cm³/mol. The lowest BCUT2D eigenvalue weighted by Gasteiger charge is -2.10. The van der Waals surface area contributed by atoms with Crippen LogP contribution < -0.4 is 16.6 Å². The molecule has 0 saturated heterocycles. The number of hydrogen-bond donors (Lipinski definition) is 2. The number of unbranched alkanes of at least 4 members (excludes halogenated alkanes) is 3. The van der Waals surface area contributed by atoms with Crippen LogP contribution in [0.5, 0.6) is 0 Å². The molecule has 2 N–H and O–H groups in total. The average Bonchev–Trinajstić information content (AvgIpc) is 2.57. The maximum atomic E-state index is 12.1. The zero-order valence-corrected chi connectivity index (χ0v) is 15.0. The van der Waals surface area contributed by atoms with Crippen LogP contribution in [0.3, 0.4) is 0 Å². The number of nitrogens with zero attached hydrogens (tertiary/aromatic N) is 1. The number of fused-ring (bicyclic) bond motifs is 1. The summed E-state index contributed by atoms with van der Waals surface area (Å²) in [7, 11) is 0. The van der Waals surface area contributed by atoms with Crippen molar-refractivity contribution in [2.45, 2.75) is 52.5 Å². The first kappa shape index (κ1) is 19.0. The van der Waals surface area contributed by atoms with Gasteiger partial charge in [0.1, 0.15) is 6.54 Å². The lowest BCUT2D eigenvalue weighted by molar-refractivity contribution is -0.121. The van der Waals surface area contributed by atoms with E-state index in [9.17, 15) is 14.4 Å². The third-order valence-electron chi connectivity index (χ3n) is 4.24. The largest absolute Gasteiger partial charge is 0.355 e. The predicted octanol–water partition coefficient (Wildman–Crippen LogP) is 2.41. The van der Waals surface area contributed by atoms with E-state index >= 15 is 0 Å². The Morgan fingerprint density at radius 3 is 2.60 bits per heavy atom. The highest BCUT2D eigenvalue weighted by Gasteiger charge is 2.10. The Labute approximate surface area is 147 Å². The second-order valence-corrected chi connectivity index (χ2v) is 6.81. The van der Waals surface area contributed by atoms with E-state index < -0.39 is 11.2 Å². The summed E-state index contributed by atoms with van der Waals surface area (Å²) < 4.78 is 1.30. The summed E-state index contributed by atoms with van der Waals surface area (Å²) in [5.41, 5.74) is -0.522. The van der Waals surface area contributed by atoms with E-state index in [0.29, 0.717) is 17.4 Å². The summed E-state index contributed by atoms with van der Waals surface area (Å²) in [4.78, 5) is 38.2. The van der Waals surface area contributed by atoms with E-state index in [4.69, 9.17) is 0 Å². The van der Waals surface area contributed by atoms with Crippen molar-refractivity contribution in [3.63, 3.8) is 0 Å². The van der Waals surface area contributed by atoms with E-state index in [-0.39, 0.29) is 12.5 Å². The van der Waals surface area contributed by atoms with Gasteiger partial charge in [0.05, 0.1) is 10.9 Å². The molecule has 0 aliphatic rings. The van der Waals surface area contributed by atoms with Crippen LogP contribution in [0.4, 0.5) is 0 Å². The van der Waals surface area contributed by atoms with Gasteiger partial charge in [-0.3, -0.25) is 19.1 Å². The fourth-order valence-electron chi connectivity index (χ4n) is 2.86. The molecule has 2 aromatic rings. The van der Waals surface area contributed by atoms with Crippen LogP contribution >= 0.6 is 0 Å². The van der Waals surface area contributed by atoms with Crippen LogP contribution in [0.2, 0.25) is 0 Å². The van der Waals surface area contributed by atoms with Gasteiger partial charge in [0.15, 0.2) is 0 Å². The van der Waals surface area contributed by atoms with Gasteiger partial charge in [-0.1, -0.05) is 51.7 Å². The topological polar surface area (TPSA) is 84.0 Å². The molecule has 0 aliphatic carbocycles. The molecule has 1 heterocycles. The minimum absolute atomic E-state index is 0.0938. The van der Waals surface area contributed by atoms with E-state index in [1.807, 2.05) is 0 Å². The second-order valence-electron chi connectivity index (χ2n) is 6.81. The molecule has 2 rings (SSSR count). The highest BCUT2D eigenvalue weighted by molar-refractivity contribution is 5.81. The van der Waals surface area contributed by atoms with Crippen LogP contribution in [-0.4, -0.2) is 22.0 Å². The van der Waals surface area contributed by atoms with Gasteiger partial charge < -0.3 is 5.32 Å². The molecule has 6 nitrogen and oxygen atoms in total. The first-order valence-corrected chi connectivity index (χ1v) is 8.97. The van der Waals surface area contributed by atoms with E-state index in [0.717, 1.165) is 18.8 Å². The highest BCUT2D eigenvalue weighted by atomic mass is 16.2. The Morgan fingerprint density at radius 2 is 1.84 bits per heavy atom. The number of aromatic nitrogens is 2. The SMILES string of the molecule is CC(C)CCCCCCNC(=O)Cn1c(=O)[nH]c(=O)c2ccccc21. The van der Waals surface area contributed by atoms with Gasteiger partial charge in [-0.15, -0.1) is 0 Å². The first-order chi connectivity index (χ1) is 12.0. The lowest BCUT2D eigenvalue weighted by atomic mass is 10.0. The normalized spacial score (nSPS) is 11.2. The van der Waals surface area contributed by atoms with Crippen molar-refractivity contribution in [1.29, 1.82) is 0 Å². The fourth-order valence-corrected chi connectivity index (χ4v) is 2.86. The second kappa shape index (κ2) is 9.20. The monoisotopic (exact) mass is 345 g/mol. The van der Waals surface area contributed by atoms with Gasteiger partial charge in [0, 0.05) is 6.54 Å². The third-order valence-corrected chi connectivity index (χ3v) is 4.24. The average molecular weight is 345 g/mol. The van der Waals surface area contributed by atoms with Crippen molar-refractivity contribution >= 4 is 16.8 Å². The summed E-state index contributed by atoms with van der Waals surface area (Å²) in [6.45, 7) is 4.96. The van der Waals surface area contributed by atoms with Crippen LogP contribution in [0.1, 0.15) is 46.0 Å². The molecular formula is C19H27N3O3. The molecule has 1 aromatic carbocycles. The van der Waals surface area contributed by atoms with Crippen molar-refractivity contribution in [2.24, 2.45) is 5.92 Å². The summed E-state index contributed by atoms with van der Waals surface area (Å²) in [6, 6.07) is 6.78. The Hall–Kier alpha value is -2.37. The number of hydrogen-bond acceptors (Lipinski definition) is 3. The Bertz CT molecular complexity index is 821. The molecule has 0 unspecified atom stereocenters. The van der Waals surface area contributed by atoms with Crippen LogP contribution in [0.15, 0.2) is 33.9 Å². The van der Waals surface area contributed by atoms with Crippen molar-refractivity contribution in [2.75, 3.05) is 6.54 Å². The number of H-pyrrole nitrogens is 1. The molecule has 1 aromatic heterocycles. The highest BCUT2D eigenvalue weighted by Crippen LogP contribution is 2.09. The van der Waals surface area contributed by atoms with Crippen molar-refractivity contribution in [3.8, 4) is 0 Å². The molecule has 0 saturated carbocycles. The molecular weight excluding hydrogens is 318 g/mol. The maximum absolute atomic E-state index is 12.1. The zero-order chi connectivity index (χ0) is 18.2. The van der Waals surface area contributed by atoms with E-state index in [1.54, 1.807) is 24.3 Å². The van der Waals surface area contributed by atoms with Gasteiger partial charge in [-0.2, -0.15) is 0 Å². The van der Waals surface area contributed by atoms with Gasteiger partial charge in [-0.25, -0.2) is 4.79 Å². The number of benzene rings is 1. The smallest absolute Gasteiger partial charge is 0.329 e. The quantitative estimate of drug-likeness (QED) is 0.685. The number of aromatic amines is 1. The van der Waals surface area contributed by atoms with Gasteiger partial charge in [0.25, 0.3) is 5.56 Å². The summed E-state index contributed by atoms with van der Waals surface area (Å²) >= 11 is 0. The zero-order valence-electron chi connectivity index (χ0n) is 15.0. The molecule has 0 radical (unpaired) electrons. The van der Waals surface area contributed by atoms with Crippen LogP contribution in [-0.2, 0) is 11.3 Å². The fraction of sp³-hybridized carbons (Fsp3) is 0.526. The third kappa shape index (κ3) is 5.59. The minimum Gasteiger partial charge on any atom is -0.355 e. The van der Waals surface area contributed by atoms with Crippen molar-refractivity contribution in [1.82, 2.24) is 14.9 Å². The number of nitrogens with one attached hydrogen (secondary N) is 2. The summed E-state index contributed by atoms with van der Waals surface area (Å²) in [6.07, 6.45) is 5.68. The number of rotatable bonds is 9. The molecule has 25 heavy (non-hydrogen) atoms. The molecule has 0 spiro atoms. The summed E-state index contributed by atoms with van der Waals surface area (Å²) in [5.74, 6) is 0.520.